The molecule has 150 valence electrons. The molecule has 0 saturated heterocycles. The van der Waals surface area contributed by atoms with E-state index in [-0.39, 0.29) is 5.04 Å². The molecule has 0 spiro atoms. The number of allylic oxidation sites excluding steroid dienone is 2. The first-order valence-corrected chi connectivity index (χ1v) is 16.1. The van der Waals surface area contributed by atoms with Gasteiger partial charge in [-0.05, 0) is 55.7 Å². The summed E-state index contributed by atoms with van der Waals surface area (Å²) in [5.74, 6) is 0. The summed E-state index contributed by atoms with van der Waals surface area (Å²) in [6.07, 6.45) is 9.17. The molecule has 2 aromatic rings. The first kappa shape index (κ1) is 21.3. The van der Waals surface area contributed by atoms with E-state index < -0.39 is 16.6 Å². The molecular formula is C25H36OSi2. The van der Waals surface area contributed by atoms with Crippen LogP contribution in [0.4, 0.5) is 0 Å². The lowest BCUT2D eigenvalue weighted by Gasteiger charge is -2.47. The van der Waals surface area contributed by atoms with Gasteiger partial charge in [-0.25, -0.2) is 0 Å². The highest BCUT2D eigenvalue weighted by Gasteiger charge is 2.53. The third kappa shape index (κ3) is 4.59. The third-order valence-electron chi connectivity index (χ3n) is 5.79. The second-order valence-corrected chi connectivity index (χ2v) is 18.6. The molecule has 0 N–H and O–H groups in total. The van der Waals surface area contributed by atoms with Gasteiger partial charge in [0.25, 0.3) is 8.32 Å². The summed E-state index contributed by atoms with van der Waals surface area (Å²) in [5.41, 5.74) is 1.64. The van der Waals surface area contributed by atoms with Crippen LogP contribution in [0.25, 0.3) is 0 Å². The molecule has 3 heteroatoms. The number of benzene rings is 2. The van der Waals surface area contributed by atoms with E-state index in [0.29, 0.717) is 0 Å². The molecule has 0 bridgehead atoms. The summed E-state index contributed by atoms with van der Waals surface area (Å²) in [7, 11) is -4.31. The van der Waals surface area contributed by atoms with Crippen molar-refractivity contribution in [3.63, 3.8) is 0 Å². The van der Waals surface area contributed by atoms with Gasteiger partial charge in [0.05, 0.1) is 0 Å². The number of hydrogen-bond acceptors (Lipinski definition) is 1. The van der Waals surface area contributed by atoms with E-state index in [0.717, 1.165) is 0 Å². The molecule has 0 radical (unpaired) electrons. The van der Waals surface area contributed by atoms with Gasteiger partial charge in [-0.15, -0.1) is 0 Å². The Kier molecular flexibility index (Phi) is 6.48. The van der Waals surface area contributed by atoms with Crippen LogP contribution in [0, 0.1) is 0 Å². The topological polar surface area (TPSA) is 9.23 Å². The van der Waals surface area contributed by atoms with Crippen LogP contribution in [0.15, 0.2) is 72.3 Å². The van der Waals surface area contributed by atoms with E-state index in [2.05, 4.69) is 100 Å². The quantitative estimate of drug-likeness (QED) is 0.404. The molecule has 0 heterocycles. The van der Waals surface area contributed by atoms with Crippen molar-refractivity contribution in [2.45, 2.75) is 70.6 Å². The minimum atomic E-state index is -2.51. The molecule has 1 nitrogen and oxygen atoms in total. The maximum atomic E-state index is 7.34. The van der Waals surface area contributed by atoms with Crippen LogP contribution in [0.1, 0.15) is 46.0 Å². The highest BCUT2D eigenvalue weighted by molar-refractivity contribution is 7.04. The fraction of sp³-hybridized carbons (Fsp3) is 0.440. The van der Waals surface area contributed by atoms with Gasteiger partial charge in [-0.3, -0.25) is 0 Å². The lowest BCUT2D eigenvalue weighted by Crippen LogP contribution is -2.69. The molecular weight excluding hydrogens is 372 g/mol. The zero-order valence-corrected chi connectivity index (χ0v) is 20.3. The fourth-order valence-electron chi connectivity index (χ4n) is 4.73. The van der Waals surface area contributed by atoms with Crippen LogP contribution < -0.4 is 10.4 Å². The normalized spacial score (nSPS) is 16.1. The second-order valence-electron chi connectivity index (χ2n) is 9.71. The molecule has 0 unspecified atom stereocenters. The van der Waals surface area contributed by atoms with Gasteiger partial charge in [-0.2, -0.15) is 0 Å². The average Bonchev–Trinajstić information content (AvgIpc) is 2.67. The van der Waals surface area contributed by atoms with Crippen molar-refractivity contribution in [2.75, 3.05) is 0 Å². The van der Waals surface area contributed by atoms with Crippen LogP contribution >= 0.6 is 0 Å². The molecule has 2 aromatic carbocycles. The van der Waals surface area contributed by atoms with Crippen molar-refractivity contribution in [2.24, 2.45) is 0 Å². The highest BCUT2D eigenvalue weighted by atomic mass is 28.4. The SMILES string of the molecule is CC(C)(C=C1CCCCC1)[Si](O[Si](C)(C)C)(c1ccccc1)c1ccccc1. The van der Waals surface area contributed by atoms with Crippen LogP contribution in [-0.4, -0.2) is 16.6 Å². The summed E-state index contributed by atoms with van der Waals surface area (Å²) >= 11 is 0. The van der Waals surface area contributed by atoms with Crippen molar-refractivity contribution in [3.05, 3.63) is 72.3 Å². The maximum Gasteiger partial charge on any atom is 0.254 e. The van der Waals surface area contributed by atoms with Gasteiger partial charge in [0, 0.05) is 5.04 Å². The van der Waals surface area contributed by atoms with Crippen molar-refractivity contribution in [1.82, 2.24) is 0 Å². The predicted octanol–water partition coefficient (Wildman–Crippen LogP) is 6.27. The van der Waals surface area contributed by atoms with Crippen LogP contribution in [-0.2, 0) is 4.12 Å². The predicted molar refractivity (Wildman–Crippen MR) is 128 cm³/mol. The zero-order valence-electron chi connectivity index (χ0n) is 18.3. The molecule has 0 atom stereocenters. The monoisotopic (exact) mass is 408 g/mol. The summed E-state index contributed by atoms with van der Waals surface area (Å²) in [6.45, 7) is 11.9. The average molecular weight is 409 g/mol. The number of rotatable bonds is 6. The van der Waals surface area contributed by atoms with Gasteiger partial charge in [0.2, 0.25) is 0 Å². The first-order valence-electron chi connectivity index (χ1n) is 10.8. The Morgan fingerprint density at radius 2 is 1.21 bits per heavy atom. The Labute approximate surface area is 174 Å². The maximum absolute atomic E-state index is 7.34. The third-order valence-corrected chi connectivity index (χ3v) is 13.7. The van der Waals surface area contributed by atoms with E-state index >= 15 is 0 Å². The van der Waals surface area contributed by atoms with E-state index in [1.54, 1.807) is 5.57 Å². The zero-order chi connectivity index (χ0) is 20.3. The Morgan fingerprint density at radius 1 is 0.750 bits per heavy atom. The Balaban J connectivity index is 2.25. The molecule has 1 fully saturated rings. The molecule has 0 aliphatic heterocycles. The van der Waals surface area contributed by atoms with Gasteiger partial charge >= 0.3 is 0 Å². The minimum absolute atomic E-state index is 0.0251. The van der Waals surface area contributed by atoms with Crippen LogP contribution in [0.5, 0.6) is 0 Å². The fourth-order valence-corrected chi connectivity index (χ4v) is 13.9. The van der Waals surface area contributed by atoms with Gasteiger partial charge < -0.3 is 4.12 Å². The minimum Gasteiger partial charge on any atom is -0.449 e. The molecule has 28 heavy (non-hydrogen) atoms. The molecule has 3 rings (SSSR count). The summed E-state index contributed by atoms with van der Waals surface area (Å²) in [5, 5.41) is 2.76. The Bertz CT molecular complexity index is 741. The Hall–Kier alpha value is -1.43. The standard InChI is InChI=1S/C25H36OSi2/c1-25(2,21-22-15-9-6-10-16-22)28(26-27(3,4)5,23-17-11-7-12-18-23)24-19-13-8-14-20-24/h7-8,11-14,17-21H,6,9-10,15-16H2,1-5H3. The number of hydrogen-bond donors (Lipinski definition) is 0. The summed E-state index contributed by atoms with van der Waals surface area (Å²) in [6, 6.07) is 22.2. The van der Waals surface area contributed by atoms with Gasteiger partial charge in [0.15, 0.2) is 8.32 Å². The van der Waals surface area contributed by atoms with Crippen molar-refractivity contribution in [3.8, 4) is 0 Å². The van der Waals surface area contributed by atoms with E-state index in [4.69, 9.17) is 4.12 Å². The van der Waals surface area contributed by atoms with Crippen LogP contribution in [0.2, 0.25) is 24.7 Å². The molecule has 0 amide bonds. The van der Waals surface area contributed by atoms with Crippen molar-refractivity contribution in [1.29, 1.82) is 0 Å². The Morgan fingerprint density at radius 3 is 1.64 bits per heavy atom. The smallest absolute Gasteiger partial charge is 0.254 e. The molecule has 1 saturated carbocycles. The molecule has 1 aliphatic carbocycles. The van der Waals surface area contributed by atoms with E-state index in [1.807, 2.05) is 0 Å². The lowest BCUT2D eigenvalue weighted by atomic mass is 9.92. The summed E-state index contributed by atoms with van der Waals surface area (Å²) < 4.78 is 7.34. The summed E-state index contributed by atoms with van der Waals surface area (Å²) in [4.78, 5) is 0. The van der Waals surface area contributed by atoms with E-state index in [9.17, 15) is 0 Å². The lowest BCUT2D eigenvalue weighted by molar-refractivity contribution is 0.519. The molecule has 0 aromatic heterocycles. The highest BCUT2D eigenvalue weighted by Crippen LogP contribution is 2.43. The van der Waals surface area contributed by atoms with Crippen molar-refractivity contribution >= 4 is 27.0 Å². The van der Waals surface area contributed by atoms with Crippen molar-refractivity contribution < 1.29 is 4.12 Å². The second kappa shape index (κ2) is 8.52. The van der Waals surface area contributed by atoms with Gasteiger partial charge in [-0.1, -0.05) is 92.6 Å². The first-order chi connectivity index (χ1) is 13.2. The van der Waals surface area contributed by atoms with Crippen LogP contribution in [0.3, 0.4) is 0 Å². The largest absolute Gasteiger partial charge is 0.449 e. The van der Waals surface area contributed by atoms with Gasteiger partial charge in [0.1, 0.15) is 0 Å². The molecule has 1 aliphatic rings. The van der Waals surface area contributed by atoms with E-state index in [1.165, 1.54) is 42.5 Å².